The molecule has 25 N–H and O–H groups in total. The number of aromatic amines is 1. The summed E-state index contributed by atoms with van der Waals surface area (Å²) in [6, 6.07) is -7.44. The second-order valence-electron chi connectivity index (χ2n) is 34.4. The molecular weight excluding hydrogens is 1940 g/mol. The van der Waals surface area contributed by atoms with Crippen LogP contribution < -0.4 is 80.2 Å². The van der Waals surface area contributed by atoms with Crippen LogP contribution in [-0.2, 0) is 134 Å². The van der Waals surface area contributed by atoms with Crippen molar-refractivity contribution in [1.29, 1.82) is 0 Å². The monoisotopic (exact) mass is 2060 g/mol. The number of aliphatic hydroxyl groups is 1. The highest BCUT2D eigenvalue weighted by atomic mass is 32.2. The molecule has 53 heteroatoms. The Morgan fingerprint density at radius 1 is 0.403 bits per heavy atom. The van der Waals surface area contributed by atoms with Gasteiger partial charge in [0.2, 0.25) is 106 Å². The van der Waals surface area contributed by atoms with Gasteiger partial charge in [-0.2, -0.15) is 23.5 Å². The smallest absolute Gasteiger partial charge is 0.305 e. The third kappa shape index (κ3) is 36.5. The van der Waals surface area contributed by atoms with E-state index >= 15 is 0 Å². The number of para-hydroxylation sites is 1. The van der Waals surface area contributed by atoms with E-state index in [-0.39, 0.29) is 94.5 Å². The first-order chi connectivity index (χ1) is 68.3. The lowest BCUT2D eigenvalue weighted by atomic mass is 10.0. The van der Waals surface area contributed by atoms with Crippen LogP contribution in [0.1, 0.15) is 140 Å². The number of carboxylic acid groups (broad SMARTS) is 6. The number of nitrogens with one attached hydrogen (secondary N) is 15. The molecule has 144 heavy (non-hydrogen) atoms. The molecule has 3 fully saturated rings. The largest absolute Gasteiger partial charge is 0.508 e. The van der Waals surface area contributed by atoms with Crippen molar-refractivity contribution in [1.82, 2.24) is 94.1 Å². The Bertz CT molecular complexity index is 5340. The van der Waals surface area contributed by atoms with Crippen LogP contribution >= 0.6 is 23.5 Å². The fourth-order valence-electron chi connectivity index (χ4n) is 16.2. The number of amides is 18. The number of hydrogen-bond donors (Lipinski definition) is 24. The minimum Gasteiger partial charge on any atom is -0.508 e. The van der Waals surface area contributed by atoms with E-state index < -0.39 is 316 Å². The summed E-state index contributed by atoms with van der Waals surface area (Å²) < 4.78 is 0. The van der Waals surface area contributed by atoms with Crippen molar-refractivity contribution in [2.75, 3.05) is 56.8 Å². The number of rotatable bonds is 59. The zero-order valence-corrected chi connectivity index (χ0v) is 80.7. The molecule has 0 unspecified atom stereocenters. The van der Waals surface area contributed by atoms with Crippen molar-refractivity contribution in [3.63, 3.8) is 0 Å². The molecule has 1 aromatic heterocycles. The molecular formula is C91H121N19O32S2. The van der Waals surface area contributed by atoms with Crippen LogP contribution in [-0.4, -0.2) is 356 Å². The molecule has 3 aliphatic rings. The van der Waals surface area contributed by atoms with Gasteiger partial charge in [-0.25, -0.2) is 0 Å². The number of phenolic OH excluding ortho intramolecular Hbond substituents is 1. The van der Waals surface area contributed by atoms with Gasteiger partial charge in [-0.05, 0) is 130 Å². The number of H-pyrrole nitrogens is 1. The zero-order chi connectivity index (χ0) is 106. The van der Waals surface area contributed by atoms with Crippen molar-refractivity contribution in [2.45, 2.75) is 239 Å². The van der Waals surface area contributed by atoms with Gasteiger partial charge >= 0.3 is 35.8 Å². The van der Waals surface area contributed by atoms with Crippen LogP contribution in [0.5, 0.6) is 5.75 Å². The fourth-order valence-corrected chi connectivity index (χ4v) is 17.2. The minimum absolute atomic E-state index is 0.00451. The molecule has 3 aliphatic heterocycles. The molecule has 0 radical (unpaired) electrons. The topological polar surface area (TPSA) is 791 Å². The second-order valence-corrected chi connectivity index (χ2v) is 36.3. The van der Waals surface area contributed by atoms with E-state index in [1.54, 1.807) is 61.2 Å². The summed E-state index contributed by atoms with van der Waals surface area (Å²) in [5, 5.41) is 113. The van der Waals surface area contributed by atoms with Crippen LogP contribution in [0.2, 0.25) is 0 Å². The Hall–Kier alpha value is -15.1. The second kappa shape index (κ2) is 57.1. The van der Waals surface area contributed by atoms with E-state index in [2.05, 4.69) is 79.4 Å². The van der Waals surface area contributed by atoms with Gasteiger partial charge in [0, 0.05) is 82.3 Å². The van der Waals surface area contributed by atoms with E-state index in [4.69, 9.17) is 5.73 Å². The van der Waals surface area contributed by atoms with Crippen molar-refractivity contribution in [2.24, 2.45) is 5.73 Å². The third-order valence-corrected chi connectivity index (χ3v) is 24.8. The molecule has 0 bridgehead atoms. The summed E-state index contributed by atoms with van der Waals surface area (Å²) in [5.41, 5.74) is 7.19. The quantitative estimate of drug-likeness (QED) is 0.0183. The number of aromatic nitrogens is 1. The molecule has 16 atom stereocenters. The van der Waals surface area contributed by atoms with Crippen LogP contribution in [0.25, 0.3) is 10.9 Å². The van der Waals surface area contributed by atoms with E-state index in [1.807, 2.05) is 0 Å². The lowest BCUT2D eigenvalue weighted by molar-refractivity contribution is -0.148. The highest BCUT2D eigenvalue weighted by Crippen LogP contribution is 2.28. The third-order valence-electron chi connectivity index (χ3n) is 23.5. The average molecular weight is 2060 g/mol. The van der Waals surface area contributed by atoms with E-state index in [0.29, 0.717) is 34.2 Å². The maximum atomic E-state index is 14.7. The van der Waals surface area contributed by atoms with Crippen LogP contribution in [0, 0.1) is 0 Å². The number of likely N-dealkylation sites (tertiary alicyclic amines) is 3. The molecule has 0 aliphatic carbocycles. The number of carbonyl (C=O) groups excluding carboxylic acids is 18. The molecule has 0 spiro atoms. The van der Waals surface area contributed by atoms with E-state index in [9.17, 15) is 156 Å². The van der Waals surface area contributed by atoms with Gasteiger partial charge in [-0.1, -0.05) is 60.7 Å². The minimum atomic E-state index is -2.18. The van der Waals surface area contributed by atoms with Gasteiger partial charge in [0.1, 0.15) is 102 Å². The van der Waals surface area contributed by atoms with E-state index in [1.165, 1.54) is 76.6 Å². The summed E-state index contributed by atoms with van der Waals surface area (Å²) in [4.78, 5) is 331. The lowest BCUT2D eigenvalue weighted by Gasteiger charge is -2.33. The maximum Gasteiger partial charge on any atom is 0.305 e. The number of nitrogens with two attached hydrogens (primary N) is 1. The van der Waals surface area contributed by atoms with Crippen molar-refractivity contribution in [3.05, 3.63) is 102 Å². The predicted molar refractivity (Wildman–Crippen MR) is 507 cm³/mol. The first-order valence-corrected chi connectivity index (χ1v) is 48.7. The Morgan fingerprint density at radius 2 is 0.792 bits per heavy atom. The molecule has 51 nitrogen and oxygen atoms in total. The fraction of sp³-hybridized carbons (Fsp3) is 0.516. The molecule has 3 saturated heterocycles. The molecule has 784 valence electrons. The van der Waals surface area contributed by atoms with Gasteiger partial charge in [0.25, 0.3) is 0 Å². The maximum absolute atomic E-state index is 14.7. The summed E-state index contributed by atoms with van der Waals surface area (Å²) >= 11 is 2.67. The molecule has 18 amide bonds. The number of thioether (sulfide) groups is 2. The van der Waals surface area contributed by atoms with Gasteiger partial charge < -0.3 is 141 Å². The van der Waals surface area contributed by atoms with Gasteiger partial charge in [-0.15, -0.1) is 0 Å². The number of carboxylic acids is 6. The van der Waals surface area contributed by atoms with Crippen molar-refractivity contribution < 1.29 is 156 Å². The number of primary amides is 1. The van der Waals surface area contributed by atoms with E-state index in [0.717, 1.165) is 11.8 Å². The number of carbonyl (C=O) groups is 24. The number of nitrogens with zero attached hydrogens (tertiary/aromatic N) is 3. The highest BCUT2D eigenvalue weighted by Gasteiger charge is 2.46. The number of fused-ring (bicyclic) bond motifs is 1. The average Bonchev–Trinajstić information content (AvgIpc) is 1.57. The SMILES string of the molecule is CSCC[C@H](NC(C)=O)C(=O)N[C@@H](Cc1c[nH]c2ccccc12)C(=O)N[C@@H](CC(=O)O)C(=O)N[C@@H](Cc1ccccc1)C(=O)N[C@@H](CC(=O)O)C(=O)N[C@@H](CC(=O)O)C(=O)NCCCC(=O)N[C@@H](CCSC)C(=O)N1CCC[C@H]1C(=O)N1CCC[C@H]1C(=O)N[C@@H](C)C(=O)N[C@@H](CC(=O)O)C(=O)N[C@@H](CCC(=O)O)C(=O)N[C@@H](CC(=O)O)C(=O)N[C@@H](Cc1ccc(O)cc1)C(=O)N[C@@H](CO)C(=O)N1CCC[C@H]1C(N)=O. The summed E-state index contributed by atoms with van der Waals surface area (Å²) in [7, 11) is 0. The Labute approximate surface area is 831 Å². The van der Waals surface area contributed by atoms with Crippen LogP contribution in [0.15, 0.2) is 85.1 Å². The van der Waals surface area contributed by atoms with Crippen LogP contribution in [0.4, 0.5) is 0 Å². The molecule has 0 saturated carbocycles. The molecule has 4 heterocycles. The van der Waals surface area contributed by atoms with Crippen molar-refractivity contribution >= 4 is 177 Å². The Morgan fingerprint density at radius 3 is 1.26 bits per heavy atom. The molecule has 7 rings (SSSR count). The summed E-state index contributed by atoms with van der Waals surface area (Å²) in [5.74, 6) is -28.9. The van der Waals surface area contributed by atoms with Gasteiger partial charge in [-0.3, -0.25) is 115 Å². The number of phenols is 1. The number of aliphatic hydroxyl groups excluding tert-OH is 1. The molecule has 3 aromatic carbocycles. The highest BCUT2D eigenvalue weighted by molar-refractivity contribution is 7.98. The number of aromatic hydroxyl groups is 1. The number of hydrogen-bond acceptors (Lipinski definition) is 28. The van der Waals surface area contributed by atoms with Gasteiger partial charge in [0.15, 0.2) is 0 Å². The summed E-state index contributed by atoms with van der Waals surface area (Å²) in [6.07, 6.45) is -3.31. The summed E-state index contributed by atoms with van der Waals surface area (Å²) in [6.45, 7) is 0.825. The molecule has 4 aromatic rings. The first kappa shape index (κ1) is 116. The van der Waals surface area contributed by atoms with Crippen LogP contribution in [0.3, 0.4) is 0 Å². The predicted octanol–water partition coefficient (Wildman–Crippen LogP) is -5.66. The van der Waals surface area contributed by atoms with Gasteiger partial charge in [0.05, 0.1) is 38.7 Å². The standard InChI is InChI=1S/C91H121N19O32S2/c1-46(77(128)99-61(40-72(119)120)84(135)98-54(26-27-70(115)116)79(130)104-62(41-73(121)122)85(136)101-58(37-49-22-24-51(113)25-23-49)82(133)107-65(45-111)90(141)108-31-11-18-66(108)76(92)127)95-88(139)67-19-12-32-109(67)91(142)68-20-13-33-110(68)89(140)56(29-35-144-4)97-69(114)21-10-30-93-78(129)60(39-71(117)118)103-87(138)64(43-75(125)126)105-81(132)57(36-48-14-6-5-7-15-48)100-86(137)63(42-74(123)124)106-83(134)59(38-50-44-94-53-17-9-8-16-52(50)53)102-80(131)55(28-34-143-3)96-47(2)112/h5-9,14-17,22-25,44,46,54-68,94,111,113H,10-13,18-21,26-43,45H2,1-4H3,(H2,92,127)(H,93,129)(H,95,139)(H,96,112)(H,97,114)(H,98,135)(H,99,128)(H,100,137)(H,101,136)(H,102,131)(H,103,138)(H,104,130)(H,105,132)(H,106,134)(H,107,133)(H,115,116)(H,117,118)(H,119,120)(H,121,122)(H,123,124)(H,125,126)/t46-,54-,55-,56-,57-,58-,59-,60-,61-,62-,63-,64-,65-,66-,67-,68-/m0/s1. The normalized spacial score (nSPS) is 17.0. The lowest BCUT2D eigenvalue weighted by Crippen LogP contribution is -2.61. The van der Waals surface area contributed by atoms with Crippen molar-refractivity contribution in [3.8, 4) is 5.75 Å². The number of benzene rings is 3. The Balaban J connectivity index is 0.957. The zero-order valence-electron chi connectivity index (χ0n) is 79.0. The first-order valence-electron chi connectivity index (χ1n) is 46.0. The Kier molecular flexibility index (Phi) is 46.0. The number of aliphatic carboxylic acids is 6.